The lowest BCUT2D eigenvalue weighted by Crippen LogP contribution is -2.28. The van der Waals surface area contributed by atoms with E-state index in [0.717, 1.165) is 30.3 Å². The monoisotopic (exact) mass is 188 g/mol. The molecule has 1 unspecified atom stereocenters. The van der Waals surface area contributed by atoms with Gasteiger partial charge in [0, 0.05) is 18.5 Å². The van der Waals surface area contributed by atoms with Crippen LogP contribution >= 0.6 is 11.8 Å². The molecule has 0 radical (unpaired) electrons. The van der Waals surface area contributed by atoms with Crippen molar-refractivity contribution in [3.05, 3.63) is 0 Å². The second-order valence-corrected chi connectivity index (χ2v) is 4.91. The summed E-state index contributed by atoms with van der Waals surface area (Å²) in [6.07, 6.45) is 4.77. The van der Waals surface area contributed by atoms with Crippen molar-refractivity contribution >= 4 is 11.8 Å². The maximum Gasteiger partial charge on any atom is 0.0469 e. The Kier molecular flexibility index (Phi) is 4.44. The van der Waals surface area contributed by atoms with Crippen molar-refractivity contribution in [2.45, 2.75) is 31.9 Å². The van der Waals surface area contributed by atoms with E-state index >= 15 is 0 Å². The summed E-state index contributed by atoms with van der Waals surface area (Å²) in [5.74, 6) is 1.71. The minimum atomic E-state index is 0.808. The lowest BCUT2D eigenvalue weighted by Gasteiger charge is -2.31. The third kappa shape index (κ3) is 2.67. The fourth-order valence-electron chi connectivity index (χ4n) is 2.05. The van der Waals surface area contributed by atoms with Gasteiger partial charge in [-0.1, -0.05) is 13.8 Å². The number of ether oxygens (including phenoxy) is 1. The van der Waals surface area contributed by atoms with E-state index in [1.807, 2.05) is 11.8 Å². The van der Waals surface area contributed by atoms with Gasteiger partial charge in [0.1, 0.15) is 0 Å². The maximum atomic E-state index is 5.36. The van der Waals surface area contributed by atoms with Crippen LogP contribution in [-0.4, -0.2) is 24.7 Å². The fourth-order valence-corrected chi connectivity index (χ4v) is 3.25. The molecule has 0 aromatic carbocycles. The quantitative estimate of drug-likeness (QED) is 0.673. The standard InChI is InChI=1S/C10H20OS/c1-8(2)10(12-3)9-4-6-11-7-5-9/h8-10H,4-7H2,1-3H3. The summed E-state index contributed by atoms with van der Waals surface area (Å²) in [5, 5.41) is 0.842. The predicted molar refractivity (Wildman–Crippen MR) is 55.7 cm³/mol. The average molecular weight is 188 g/mol. The Bertz CT molecular complexity index is 119. The van der Waals surface area contributed by atoms with Crippen LogP contribution in [0.3, 0.4) is 0 Å². The molecule has 1 rings (SSSR count). The van der Waals surface area contributed by atoms with Gasteiger partial charge in [-0.25, -0.2) is 0 Å². The van der Waals surface area contributed by atoms with Gasteiger partial charge < -0.3 is 4.74 Å². The molecule has 1 saturated heterocycles. The van der Waals surface area contributed by atoms with Crippen molar-refractivity contribution in [2.75, 3.05) is 19.5 Å². The van der Waals surface area contributed by atoms with Crippen LogP contribution in [0.4, 0.5) is 0 Å². The van der Waals surface area contributed by atoms with E-state index in [2.05, 4.69) is 20.1 Å². The van der Waals surface area contributed by atoms with Crippen molar-refractivity contribution in [1.29, 1.82) is 0 Å². The highest BCUT2D eigenvalue weighted by Crippen LogP contribution is 2.31. The first kappa shape index (κ1) is 10.4. The van der Waals surface area contributed by atoms with Crippen LogP contribution in [0, 0.1) is 11.8 Å². The van der Waals surface area contributed by atoms with E-state index in [9.17, 15) is 0 Å². The van der Waals surface area contributed by atoms with Crippen LogP contribution in [0.2, 0.25) is 0 Å². The van der Waals surface area contributed by atoms with Crippen molar-refractivity contribution < 1.29 is 4.74 Å². The highest BCUT2D eigenvalue weighted by Gasteiger charge is 2.25. The molecule has 0 bridgehead atoms. The fraction of sp³-hybridized carbons (Fsp3) is 1.00. The van der Waals surface area contributed by atoms with Gasteiger partial charge in [0.05, 0.1) is 0 Å². The Balaban J connectivity index is 2.40. The predicted octanol–water partition coefficient (Wildman–Crippen LogP) is 2.80. The smallest absolute Gasteiger partial charge is 0.0469 e. The molecule has 1 nitrogen and oxygen atoms in total. The van der Waals surface area contributed by atoms with Gasteiger partial charge >= 0.3 is 0 Å². The van der Waals surface area contributed by atoms with Gasteiger partial charge in [-0.2, -0.15) is 11.8 Å². The molecule has 0 aromatic heterocycles. The molecular formula is C10H20OS. The Morgan fingerprint density at radius 2 is 1.83 bits per heavy atom. The Hall–Kier alpha value is 0.310. The Labute approximate surface area is 80.3 Å². The molecule has 12 heavy (non-hydrogen) atoms. The largest absolute Gasteiger partial charge is 0.381 e. The molecule has 0 saturated carbocycles. The lowest BCUT2D eigenvalue weighted by atomic mass is 9.90. The summed E-state index contributed by atoms with van der Waals surface area (Å²) in [6, 6.07) is 0. The summed E-state index contributed by atoms with van der Waals surface area (Å²) in [7, 11) is 0. The van der Waals surface area contributed by atoms with Gasteiger partial charge in [0.2, 0.25) is 0 Å². The molecule has 72 valence electrons. The lowest BCUT2D eigenvalue weighted by molar-refractivity contribution is 0.0623. The topological polar surface area (TPSA) is 9.23 Å². The van der Waals surface area contributed by atoms with Crippen LogP contribution in [0.25, 0.3) is 0 Å². The Morgan fingerprint density at radius 3 is 2.25 bits per heavy atom. The van der Waals surface area contributed by atoms with Crippen LogP contribution in [0.15, 0.2) is 0 Å². The zero-order valence-corrected chi connectivity index (χ0v) is 9.19. The zero-order valence-electron chi connectivity index (χ0n) is 8.38. The van der Waals surface area contributed by atoms with Crippen LogP contribution in [-0.2, 0) is 4.74 Å². The van der Waals surface area contributed by atoms with Crippen molar-refractivity contribution in [3.8, 4) is 0 Å². The number of rotatable bonds is 3. The maximum absolute atomic E-state index is 5.36. The highest BCUT2D eigenvalue weighted by atomic mass is 32.2. The number of thioether (sulfide) groups is 1. The molecule has 1 heterocycles. The van der Waals surface area contributed by atoms with Gasteiger partial charge in [-0.3, -0.25) is 0 Å². The molecule has 1 atom stereocenters. The summed E-state index contributed by atoms with van der Waals surface area (Å²) in [4.78, 5) is 0. The SMILES string of the molecule is CSC(C(C)C)C1CCOCC1. The van der Waals surface area contributed by atoms with Crippen LogP contribution < -0.4 is 0 Å². The first-order valence-electron chi connectivity index (χ1n) is 4.86. The molecule has 0 aliphatic carbocycles. The minimum absolute atomic E-state index is 0.808. The highest BCUT2D eigenvalue weighted by molar-refractivity contribution is 7.99. The van der Waals surface area contributed by atoms with Crippen molar-refractivity contribution in [3.63, 3.8) is 0 Å². The third-order valence-corrected chi connectivity index (χ3v) is 4.13. The van der Waals surface area contributed by atoms with E-state index in [4.69, 9.17) is 4.74 Å². The second kappa shape index (κ2) is 5.13. The first-order valence-corrected chi connectivity index (χ1v) is 6.15. The Morgan fingerprint density at radius 1 is 1.25 bits per heavy atom. The van der Waals surface area contributed by atoms with E-state index in [1.165, 1.54) is 12.8 Å². The summed E-state index contributed by atoms with van der Waals surface area (Å²) in [6.45, 7) is 6.62. The molecule has 1 fully saturated rings. The van der Waals surface area contributed by atoms with E-state index in [0.29, 0.717) is 0 Å². The van der Waals surface area contributed by atoms with Crippen LogP contribution in [0.5, 0.6) is 0 Å². The number of hydrogen-bond acceptors (Lipinski definition) is 2. The molecule has 0 aromatic rings. The van der Waals surface area contributed by atoms with Crippen molar-refractivity contribution in [1.82, 2.24) is 0 Å². The zero-order chi connectivity index (χ0) is 8.97. The van der Waals surface area contributed by atoms with Gasteiger partial charge in [-0.15, -0.1) is 0 Å². The summed E-state index contributed by atoms with van der Waals surface area (Å²) in [5.41, 5.74) is 0. The molecule has 0 spiro atoms. The second-order valence-electron chi connectivity index (χ2n) is 3.89. The van der Waals surface area contributed by atoms with Crippen LogP contribution in [0.1, 0.15) is 26.7 Å². The van der Waals surface area contributed by atoms with Crippen molar-refractivity contribution in [2.24, 2.45) is 11.8 Å². The van der Waals surface area contributed by atoms with Gasteiger partial charge in [0.15, 0.2) is 0 Å². The molecule has 2 heteroatoms. The minimum Gasteiger partial charge on any atom is -0.381 e. The molecule has 1 aliphatic heterocycles. The third-order valence-electron chi connectivity index (χ3n) is 2.66. The van der Waals surface area contributed by atoms with E-state index in [-0.39, 0.29) is 0 Å². The van der Waals surface area contributed by atoms with E-state index in [1.54, 1.807) is 0 Å². The first-order chi connectivity index (χ1) is 5.75. The average Bonchev–Trinajstić information content (AvgIpc) is 2.07. The molecule has 1 aliphatic rings. The molecule has 0 amide bonds. The summed E-state index contributed by atoms with van der Waals surface area (Å²) < 4.78 is 5.36. The van der Waals surface area contributed by atoms with Gasteiger partial charge in [-0.05, 0) is 30.9 Å². The normalized spacial score (nSPS) is 23.0. The van der Waals surface area contributed by atoms with E-state index < -0.39 is 0 Å². The molecule has 0 N–H and O–H groups in total. The molecular weight excluding hydrogens is 168 g/mol. The van der Waals surface area contributed by atoms with Gasteiger partial charge in [0.25, 0.3) is 0 Å². The summed E-state index contributed by atoms with van der Waals surface area (Å²) >= 11 is 2.03. The number of hydrogen-bond donors (Lipinski definition) is 0.